The van der Waals surface area contributed by atoms with Gasteiger partial charge in [-0.1, -0.05) is 18.2 Å². The van der Waals surface area contributed by atoms with Crippen molar-refractivity contribution >= 4 is 36.2 Å². The predicted molar refractivity (Wildman–Crippen MR) is 115 cm³/mol. The number of H-pyrrole nitrogens is 1. The summed E-state index contributed by atoms with van der Waals surface area (Å²) in [7, 11) is 2.25. The number of thiol groups is 2. The number of hydrogen-bond donors (Lipinski definition) is 3. The zero-order chi connectivity index (χ0) is 17.8. The zero-order valence-electron chi connectivity index (χ0n) is 14.9. The van der Waals surface area contributed by atoms with Crippen LogP contribution in [0.4, 0.5) is 0 Å². The number of nitrogens with zero attached hydrogens (tertiary/aromatic N) is 1. The Morgan fingerprint density at radius 2 is 1.80 bits per heavy atom. The quantitative estimate of drug-likeness (QED) is 0.534. The minimum absolute atomic E-state index is 0.682. The van der Waals surface area contributed by atoms with E-state index in [1.54, 1.807) is 6.26 Å². The molecular weight excluding hydrogens is 344 g/mol. The van der Waals surface area contributed by atoms with Gasteiger partial charge >= 0.3 is 0 Å². The second-order valence-corrected chi connectivity index (χ2v) is 7.12. The molecule has 0 bridgehead atoms. The Hall–Kier alpha value is -1.36. The maximum Gasteiger partial charge on any atom is 0.0457 e. The summed E-state index contributed by atoms with van der Waals surface area (Å²) in [5, 5.41) is 1.36. The Morgan fingerprint density at radius 1 is 1.08 bits per heavy atom. The van der Waals surface area contributed by atoms with Gasteiger partial charge in [-0.05, 0) is 80.1 Å². The highest BCUT2D eigenvalue weighted by Crippen LogP contribution is 2.29. The fourth-order valence-electron chi connectivity index (χ4n) is 3.67. The minimum Gasteiger partial charge on any atom is -0.361 e. The van der Waals surface area contributed by atoms with E-state index >= 15 is 0 Å². The number of likely N-dealkylation sites (tertiary alicyclic amines) is 1. The summed E-state index contributed by atoms with van der Waals surface area (Å²) in [6, 6.07) is 15.8. The van der Waals surface area contributed by atoms with Gasteiger partial charge in [0.2, 0.25) is 0 Å². The molecule has 0 spiro atoms. The normalized spacial score (nSPS) is 17.5. The van der Waals surface area contributed by atoms with E-state index in [0.29, 0.717) is 6.04 Å². The van der Waals surface area contributed by atoms with E-state index < -0.39 is 0 Å². The minimum atomic E-state index is 0.682. The highest BCUT2D eigenvalue weighted by atomic mass is 32.1. The monoisotopic (exact) mass is 370 g/mol. The Kier molecular flexibility index (Phi) is 6.15. The molecule has 0 aliphatic carbocycles. The van der Waals surface area contributed by atoms with Crippen molar-refractivity contribution in [2.75, 3.05) is 19.8 Å². The van der Waals surface area contributed by atoms with Crippen LogP contribution in [0.3, 0.4) is 0 Å². The molecule has 4 rings (SSSR count). The molecule has 1 N–H and O–H groups in total. The molecule has 25 heavy (non-hydrogen) atoms. The molecule has 0 amide bonds. The molecule has 0 radical (unpaired) electrons. The number of rotatable bonds is 3. The first kappa shape index (κ1) is 18.4. The van der Waals surface area contributed by atoms with Gasteiger partial charge in [0.25, 0.3) is 0 Å². The van der Waals surface area contributed by atoms with Crippen molar-refractivity contribution in [3.05, 3.63) is 54.2 Å². The lowest BCUT2D eigenvalue weighted by Crippen LogP contribution is -2.26. The maximum absolute atomic E-state index is 4.37. The van der Waals surface area contributed by atoms with Gasteiger partial charge < -0.3 is 9.88 Å². The molecule has 1 fully saturated rings. The molecule has 0 saturated carbocycles. The van der Waals surface area contributed by atoms with E-state index in [1.807, 2.05) is 12.1 Å². The molecule has 1 aromatic heterocycles. The van der Waals surface area contributed by atoms with E-state index in [4.69, 9.17) is 0 Å². The van der Waals surface area contributed by atoms with Crippen LogP contribution in [0.5, 0.6) is 0 Å². The van der Waals surface area contributed by atoms with Crippen molar-refractivity contribution in [1.82, 2.24) is 9.88 Å². The van der Waals surface area contributed by atoms with Gasteiger partial charge in [0.05, 0.1) is 0 Å². The topological polar surface area (TPSA) is 19.0 Å². The lowest BCUT2D eigenvalue weighted by Gasteiger charge is -2.18. The van der Waals surface area contributed by atoms with Crippen molar-refractivity contribution in [3.63, 3.8) is 0 Å². The molecule has 0 unspecified atom stereocenters. The number of aromatic nitrogens is 1. The van der Waals surface area contributed by atoms with E-state index in [2.05, 4.69) is 78.7 Å². The van der Waals surface area contributed by atoms with Crippen molar-refractivity contribution in [1.29, 1.82) is 0 Å². The zero-order valence-corrected chi connectivity index (χ0v) is 16.7. The Bertz CT molecular complexity index is 824. The molecule has 4 heteroatoms. The summed E-state index contributed by atoms with van der Waals surface area (Å²) in [4.78, 5) is 6.93. The molecule has 3 aromatic rings. The third-order valence-electron chi connectivity index (χ3n) is 5.10. The van der Waals surface area contributed by atoms with Crippen LogP contribution in [0, 0.1) is 0 Å². The molecule has 2 nitrogen and oxygen atoms in total. The smallest absolute Gasteiger partial charge is 0.0457 e. The van der Waals surface area contributed by atoms with Gasteiger partial charge in [-0.15, -0.1) is 12.6 Å². The summed E-state index contributed by atoms with van der Waals surface area (Å²) in [6.07, 6.45) is 7.66. The third-order valence-corrected chi connectivity index (χ3v) is 5.39. The molecule has 1 saturated heterocycles. The molecule has 132 valence electrons. The van der Waals surface area contributed by atoms with Gasteiger partial charge in [-0.25, -0.2) is 0 Å². The van der Waals surface area contributed by atoms with Gasteiger partial charge in [0, 0.05) is 28.0 Å². The van der Waals surface area contributed by atoms with Gasteiger partial charge in [0.15, 0.2) is 0 Å². The first-order chi connectivity index (χ1) is 12.2. The Labute approximate surface area is 161 Å². The molecule has 1 aliphatic rings. The van der Waals surface area contributed by atoms with Crippen molar-refractivity contribution in [3.8, 4) is 11.1 Å². The fourth-order valence-corrected chi connectivity index (χ4v) is 3.82. The SMILES string of the molecule is CN1CCC[C@@H]1Cc1c[nH]c2ccc(-c3ccc(S)cc3)cc12.CS. The Morgan fingerprint density at radius 3 is 2.48 bits per heavy atom. The van der Waals surface area contributed by atoms with E-state index in [-0.39, 0.29) is 0 Å². The maximum atomic E-state index is 4.37. The Balaban J connectivity index is 0.000000880. The van der Waals surface area contributed by atoms with Crippen molar-refractivity contribution < 1.29 is 0 Å². The molecular formula is C21H26N2S2. The van der Waals surface area contributed by atoms with Gasteiger partial charge in [0.1, 0.15) is 0 Å². The number of fused-ring (bicyclic) bond motifs is 1. The average molecular weight is 371 g/mol. The first-order valence-electron chi connectivity index (χ1n) is 8.75. The van der Waals surface area contributed by atoms with Crippen LogP contribution in [-0.4, -0.2) is 35.8 Å². The standard InChI is InChI=1S/C20H22N2S.CH4S/c1-22-10-2-3-17(22)11-16-13-21-20-9-6-15(12-19(16)20)14-4-7-18(23)8-5-14;1-2/h4-9,12-13,17,21,23H,2-3,10-11H2,1H3;2H,1H3/t17-;/m1./s1. The molecule has 1 aliphatic heterocycles. The summed E-state index contributed by atoms with van der Waals surface area (Å²) in [6.45, 7) is 1.23. The van der Waals surface area contributed by atoms with E-state index in [0.717, 1.165) is 11.3 Å². The first-order valence-corrected chi connectivity index (χ1v) is 10.1. The van der Waals surface area contributed by atoms with Crippen LogP contribution in [0.15, 0.2) is 53.6 Å². The average Bonchev–Trinajstić information content (AvgIpc) is 3.24. The van der Waals surface area contributed by atoms with E-state index in [1.165, 1.54) is 47.0 Å². The predicted octanol–water partition coefficient (Wildman–Crippen LogP) is 5.31. The summed E-state index contributed by atoms with van der Waals surface area (Å²) in [5.74, 6) is 0. The van der Waals surface area contributed by atoms with Crippen molar-refractivity contribution in [2.45, 2.75) is 30.2 Å². The third kappa shape index (κ3) is 4.08. The number of likely N-dealkylation sites (N-methyl/N-ethyl adjacent to an activating group) is 1. The second-order valence-electron chi connectivity index (χ2n) is 6.60. The number of aromatic amines is 1. The highest BCUT2D eigenvalue weighted by molar-refractivity contribution is 7.80. The number of benzene rings is 2. The largest absolute Gasteiger partial charge is 0.361 e. The lowest BCUT2D eigenvalue weighted by atomic mass is 9.99. The van der Waals surface area contributed by atoms with Crippen LogP contribution in [-0.2, 0) is 6.42 Å². The van der Waals surface area contributed by atoms with Gasteiger partial charge in [-0.2, -0.15) is 12.6 Å². The van der Waals surface area contributed by atoms with E-state index in [9.17, 15) is 0 Å². The van der Waals surface area contributed by atoms with Crippen LogP contribution < -0.4 is 0 Å². The summed E-state index contributed by atoms with van der Waals surface area (Å²) in [5.41, 5.74) is 5.18. The summed E-state index contributed by atoms with van der Waals surface area (Å²) >= 11 is 7.90. The van der Waals surface area contributed by atoms with Crippen LogP contribution in [0.25, 0.3) is 22.0 Å². The van der Waals surface area contributed by atoms with Crippen molar-refractivity contribution in [2.24, 2.45) is 0 Å². The molecule has 2 aromatic carbocycles. The highest BCUT2D eigenvalue weighted by Gasteiger charge is 2.22. The summed E-state index contributed by atoms with van der Waals surface area (Å²) < 4.78 is 0. The van der Waals surface area contributed by atoms with Crippen LogP contribution >= 0.6 is 25.3 Å². The molecule has 2 heterocycles. The number of nitrogens with one attached hydrogen (secondary N) is 1. The van der Waals surface area contributed by atoms with Crippen LogP contribution in [0.2, 0.25) is 0 Å². The molecule has 1 atom stereocenters. The second kappa shape index (κ2) is 8.35. The van der Waals surface area contributed by atoms with Gasteiger partial charge in [-0.3, -0.25) is 0 Å². The fraction of sp³-hybridized carbons (Fsp3) is 0.333. The van der Waals surface area contributed by atoms with Crippen LogP contribution in [0.1, 0.15) is 18.4 Å². The number of hydrogen-bond acceptors (Lipinski definition) is 3. The lowest BCUT2D eigenvalue weighted by molar-refractivity contribution is 0.310.